The van der Waals surface area contributed by atoms with E-state index in [1.807, 2.05) is 55.1 Å². The van der Waals surface area contributed by atoms with Gasteiger partial charge < -0.3 is 4.74 Å². The van der Waals surface area contributed by atoms with E-state index in [2.05, 4.69) is 16.1 Å². The Morgan fingerprint density at radius 2 is 2.11 bits per heavy atom. The van der Waals surface area contributed by atoms with Crippen LogP contribution >= 0.6 is 0 Å². The highest BCUT2D eigenvalue weighted by atomic mass is 16.5. The second-order valence-electron chi connectivity index (χ2n) is 4.56. The third kappa shape index (κ3) is 2.29. The second-order valence-corrected chi connectivity index (χ2v) is 4.56. The Labute approximate surface area is 111 Å². The van der Waals surface area contributed by atoms with Crippen LogP contribution in [-0.2, 0) is 0 Å². The van der Waals surface area contributed by atoms with Crippen molar-refractivity contribution >= 4 is 10.9 Å². The van der Waals surface area contributed by atoms with Gasteiger partial charge in [0.05, 0.1) is 29.7 Å². The average molecular weight is 252 g/mol. The monoisotopic (exact) mass is 252 g/mol. The summed E-state index contributed by atoms with van der Waals surface area (Å²) in [6, 6.07) is 12.6. The standard InChI is InChI=1S/C15H14N3O/c1-11(2)19-15-8-7-13(10-16-15)18-14-6-4-3-5-12(14)9-17-18/h4-11H,1-2H3. The van der Waals surface area contributed by atoms with Gasteiger partial charge in [-0.25, -0.2) is 9.67 Å². The van der Waals surface area contributed by atoms with Crippen LogP contribution in [0.5, 0.6) is 5.88 Å². The first-order valence-electron chi connectivity index (χ1n) is 6.21. The summed E-state index contributed by atoms with van der Waals surface area (Å²) in [5.74, 6) is 0.628. The van der Waals surface area contributed by atoms with Crippen molar-refractivity contribution in [2.24, 2.45) is 0 Å². The number of hydrogen-bond acceptors (Lipinski definition) is 3. The van der Waals surface area contributed by atoms with Gasteiger partial charge in [0.2, 0.25) is 5.88 Å². The number of aromatic nitrogens is 3. The summed E-state index contributed by atoms with van der Waals surface area (Å²) >= 11 is 0. The number of benzene rings is 1. The Morgan fingerprint density at radius 3 is 2.84 bits per heavy atom. The van der Waals surface area contributed by atoms with Crippen molar-refractivity contribution < 1.29 is 4.74 Å². The van der Waals surface area contributed by atoms with Crippen molar-refractivity contribution in [3.63, 3.8) is 0 Å². The van der Waals surface area contributed by atoms with Gasteiger partial charge in [-0.2, -0.15) is 5.10 Å². The van der Waals surface area contributed by atoms with Crippen molar-refractivity contribution in [1.82, 2.24) is 14.8 Å². The molecule has 3 aromatic rings. The van der Waals surface area contributed by atoms with Crippen LogP contribution in [0.2, 0.25) is 0 Å². The molecular formula is C15H14N3O. The summed E-state index contributed by atoms with van der Waals surface area (Å²) < 4.78 is 7.38. The van der Waals surface area contributed by atoms with Gasteiger partial charge in [0.1, 0.15) is 0 Å². The summed E-state index contributed by atoms with van der Waals surface area (Å²) in [6.45, 7) is 3.96. The number of ether oxygens (including phenoxy) is 1. The van der Waals surface area contributed by atoms with E-state index in [9.17, 15) is 0 Å². The Balaban J connectivity index is 1.98. The molecule has 3 rings (SSSR count). The van der Waals surface area contributed by atoms with E-state index in [4.69, 9.17) is 4.74 Å². The molecule has 0 saturated heterocycles. The van der Waals surface area contributed by atoms with E-state index >= 15 is 0 Å². The minimum atomic E-state index is 0.124. The first kappa shape index (κ1) is 11.7. The molecular weight excluding hydrogens is 238 g/mol. The highest BCUT2D eigenvalue weighted by Crippen LogP contribution is 2.18. The van der Waals surface area contributed by atoms with Gasteiger partial charge in [0.15, 0.2) is 0 Å². The van der Waals surface area contributed by atoms with E-state index in [-0.39, 0.29) is 6.10 Å². The predicted octanol–water partition coefficient (Wildman–Crippen LogP) is 3.01. The molecule has 0 N–H and O–H groups in total. The highest BCUT2D eigenvalue weighted by molar-refractivity contribution is 5.79. The lowest BCUT2D eigenvalue weighted by molar-refractivity contribution is 0.232. The fraction of sp³-hybridized carbons (Fsp3) is 0.200. The highest BCUT2D eigenvalue weighted by Gasteiger charge is 2.05. The second kappa shape index (κ2) is 4.72. The third-order valence-electron chi connectivity index (χ3n) is 2.73. The van der Waals surface area contributed by atoms with Crippen molar-refractivity contribution in [2.45, 2.75) is 20.0 Å². The summed E-state index contributed by atoms with van der Waals surface area (Å²) in [5, 5.41) is 5.43. The van der Waals surface area contributed by atoms with Crippen LogP contribution in [-0.4, -0.2) is 20.9 Å². The molecule has 0 aliphatic carbocycles. The van der Waals surface area contributed by atoms with Crippen LogP contribution in [0, 0.1) is 6.07 Å². The fourth-order valence-electron chi connectivity index (χ4n) is 1.93. The number of fused-ring (bicyclic) bond motifs is 1. The van der Waals surface area contributed by atoms with Crippen LogP contribution < -0.4 is 4.74 Å². The van der Waals surface area contributed by atoms with Crippen molar-refractivity contribution in [1.29, 1.82) is 0 Å². The molecule has 0 aliphatic heterocycles. The lowest BCUT2D eigenvalue weighted by Crippen LogP contribution is -2.07. The predicted molar refractivity (Wildman–Crippen MR) is 73.5 cm³/mol. The molecule has 0 aliphatic rings. The molecule has 0 saturated carbocycles. The molecule has 0 amide bonds. The Hall–Kier alpha value is -2.36. The topological polar surface area (TPSA) is 39.9 Å². The van der Waals surface area contributed by atoms with Crippen LogP contribution in [0.15, 0.2) is 42.7 Å². The lowest BCUT2D eigenvalue weighted by Gasteiger charge is -2.09. The van der Waals surface area contributed by atoms with E-state index in [0.29, 0.717) is 5.88 Å². The van der Waals surface area contributed by atoms with Crippen LogP contribution in [0.4, 0.5) is 0 Å². The van der Waals surface area contributed by atoms with Crippen molar-refractivity contribution in [2.75, 3.05) is 0 Å². The summed E-state index contributed by atoms with van der Waals surface area (Å²) in [6.07, 6.45) is 3.71. The Kier molecular flexibility index (Phi) is 2.91. The average Bonchev–Trinajstić information content (AvgIpc) is 2.83. The van der Waals surface area contributed by atoms with Crippen LogP contribution in [0.25, 0.3) is 16.6 Å². The number of hydrogen-bond donors (Lipinski definition) is 0. The van der Waals surface area contributed by atoms with Crippen LogP contribution in [0.3, 0.4) is 0 Å². The molecule has 2 heterocycles. The third-order valence-corrected chi connectivity index (χ3v) is 2.73. The van der Waals surface area contributed by atoms with Gasteiger partial charge in [-0.1, -0.05) is 6.07 Å². The molecule has 0 fully saturated rings. The minimum Gasteiger partial charge on any atom is -0.475 e. The molecule has 95 valence electrons. The molecule has 4 nitrogen and oxygen atoms in total. The number of nitrogens with zero attached hydrogens (tertiary/aromatic N) is 3. The zero-order chi connectivity index (χ0) is 13.2. The summed E-state index contributed by atoms with van der Waals surface area (Å²) in [4.78, 5) is 4.29. The maximum atomic E-state index is 5.53. The summed E-state index contributed by atoms with van der Waals surface area (Å²) in [7, 11) is 0. The van der Waals surface area contributed by atoms with E-state index in [0.717, 1.165) is 16.6 Å². The fourth-order valence-corrected chi connectivity index (χ4v) is 1.93. The zero-order valence-electron chi connectivity index (χ0n) is 10.9. The Bertz CT molecular complexity index is 686. The molecule has 2 aromatic heterocycles. The molecule has 0 spiro atoms. The van der Waals surface area contributed by atoms with Gasteiger partial charge in [-0.05, 0) is 38.1 Å². The van der Waals surface area contributed by atoms with E-state index in [1.54, 1.807) is 6.20 Å². The van der Waals surface area contributed by atoms with Gasteiger partial charge >= 0.3 is 0 Å². The quantitative estimate of drug-likeness (QED) is 0.719. The molecule has 0 bridgehead atoms. The summed E-state index contributed by atoms with van der Waals surface area (Å²) in [5.41, 5.74) is 1.95. The van der Waals surface area contributed by atoms with Crippen LogP contribution in [0.1, 0.15) is 13.8 Å². The van der Waals surface area contributed by atoms with Gasteiger partial charge in [-0.15, -0.1) is 0 Å². The van der Waals surface area contributed by atoms with Gasteiger partial charge in [-0.3, -0.25) is 0 Å². The molecule has 0 unspecified atom stereocenters. The molecule has 0 atom stereocenters. The zero-order valence-corrected chi connectivity index (χ0v) is 10.9. The molecule has 1 aromatic carbocycles. The smallest absolute Gasteiger partial charge is 0.213 e. The normalized spacial score (nSPS) is 11.1. The van der Waals surface area contributed by atoms with Crippen molar-refractivity contribution in [3.8, 4) is 11.6 Å². The van der Waals surface area contributed by atoms with Gasteiger partial charge in [0.25, 0.3) is 0 Å². The molecule has 4 heteroatoms. The maximum absolute atomic E-state index is 5.53. The van der Waals surface area contributed by atoms with Gasteiger partial charge in [0, 0.05) is 11.5 Å². The van der Waals surface area contributed by atoms with E-state index < -0.39 is 0 Å². The van der Waals surface area contributed by atoms with Crippen molar-refractivity contribution in [3.05, 3.63) is 48.8 Å². The number of rotatable bonds is 3. The molecule has 1 radical (unpaired) electrons. The minimum absolute atomic E-state index is 0.124. The van der Waals surface area contributed by atoms with E-state index in [1.165, 1.54) is 0 Å². The maximum Gasteiger partial charge on any atom is 0.213 e. The Morgan fingerprint density at radius 1 is 1.21 bits per heavy atom. The largest absolute Gasteiger partial charge is 0.475 e. The lowest BCUT2D eigenvalue weighted by atomic mass is 10.2. The number of pyridine rings is 1. The SMILES string of the molecule is CC(C)Oc1ccc(-n2ncc3c[c]ccc32)cn1. The first-order chi connectivity index (χ1) is 9.24. The molecule has 19 heavy (non-hydrogen) atoms. The first-order valence-corrected chi connectivity index (χ1v) is 6.21.